The number of aromatic nitrogens is 1. The number of nitrogens with one attached hydrogen (secondary N) is 1. The molecule has 0 amide bonds. The first-order chi connectivity index (χ1) is 6.82. The Hall–Kier alpha value is -1.49. The van der Waals surface area contributed by atoms with Gasteiger partial charge in [-0.1, -0.05) is 20.8 Å². The Balaban J connectivity index is 0.000000921. The highest BCUT2D eigenvalue weighted by Gasteiger charge is 2.16. The second-order valence-corrected chi connectivity index (χ2v) is 4.13. The van der Waals surface area contributed by atoms with Gasteiger partial charge in [-0.05, 0) is 6.07 Å². The van der Waals surface area contributed by atoms with E-state index in [1.165, 1.54) is 0 Å². The number of aromatic amines is 1. The summed E-state index contributed by atoms with van der Waals surface area (Å²) >= 11 is 0. The molecule has 1 heterocycles. The van der Waals surface area contributed by atoms with Gasteiger partial charge >= 0.3 is 0 Å². The van der Waals surface area contributed by atoms with E-state index in [1.807, 2.05) is 20.8 Å². The van der Waals surface area contributed by atoms with Crippen molar-refractivity contribution in [2.24, 2.45) is 0 Å². The molecule has 6 N–H and O–H groups in total. The van der Waals surface area contributed by atoms with Crippen molar-refractivity contribution >= 4 is 11.4 Å². The normalized spacial score (nSPS) is 10.5. The monoisotopic (exact) mass is 213 g/mol. The number of aliphatic hydroxyl groups excluding tert-OH is 1. The van der Waals surface area contributed by atoms with Crippen molar-refractivity contribution < 1.29 is 5.11 Å². The fraction of sp³-hybridized carbons (Fsp3) is 0.500. The Morgan fingerprint density at radius 1 is 1.27 bits per heavy atom. The number of pyridine rings is 1. The summed E-state index contributed by atoms with van der Waals surface area (Å²) in [6, 6.07) is 1.71. The molecule has 1 aromatic rings. The lowest BCUT2D eigenvalue weighted by molar-refractivity contribution is 0.399. The third-order valence-corrected chi connectivity index (χ3v) is 1.91. The van der Waals surface area contributed by atoms with E-state index in [0.717, 1.165) is 12.8 Å². The van der Waals surface area contributed by atoms with Gasteiger partial charge in [-0.3, -0.25) is 4.79 Å². The SMILES string of the molecule is CC(C)(C)c1cc(N)c(N)c(=O)[nH]1.CO. The van der Waals surface area contributed by atoms with Crippen molar-refractivity contribution in [3.05, 3.63) is 22.1 Å². The van der Waals surface area contributed by atoms with Crippen molar-refractivity contribution in [2.45, 2.75) is 26.2 Å². The van der Waals surface area contributed by atoms with E-state index in [-0.39, 0.29) is 16.7 Å². The summed E-state index contributed by atoms with van der Waals surface area (Å²) in [6.45, 7) is 5.98. The number of hydrogen-bond donors (Lipinski definition) is 4. The number of nitrogens with two attached hydrogens (primary N) is 2. The number of nitrogen functional groups attached to an aromatic ring is 2. The highest BCUT2D eigenvalue weighted by Crippen LogP contribution is 2.21. The van der Waals surface area contributed by atoms with Crippen LogP contribution in [0.5, 0.6) is 0 Å². The van der Waals surface area contributed by atoms with Crippen molar-refractivity contribution in [3.8, 4) is 0 Å². The van der Waals surface area contributed by atoms with Crippen molar-refractivity contribution in [1.82, 2.24) is 4.98 Å². The Labute approximate surface area is 89.1 Å². The van der Waals surface area contributed by atoms with E-state index in [9.17, 15) is 4.79 Å². The van der Waals surface area contributed by atoms with Crippen LogP contribution in [0, 0.1) is 0 Å². The van der Waals surface area contributed by atoms with Crippen LogP contribution in [-0.2, 0) is 5.41 Å². The van der Waals surface area contributed by atoms with Gasteiger partial charge in [-0.15, -0.1) is 0 Å². The zero-order valence-electron chi connectivity index (χ0n) is 9.59. The highest BCUT2D eigenvalue weighted by molar-refractivity contribution is 5.62. The van der Waals surface area contributed by atoms with E-state index in [1.54, 1.807) is 6.07 Å². The van der Waals surface area contributed by atoms with Crippen LogP contribution in [0.2, 0.25) is 0 Å². The maximum absolute atomic E-state index is 11.2. The van der Waals surface area contributed by atoms with Gasteiger partial charge in [0.1, 0.15) is 5.69 Å². The topological polar surface area (TPSA) is 105 Å². The lowest BCUT2D eigenvalue weighted by atomic mass is 9.91. The summed E-state index contributed by atoms with van der Waals surface area (Å²) in [5.74, 6) is 0. The summed E-state index contributed by atoms with van der Waals surface area (Å²) in [5, 5.41) is 7.00. The van der Waals surface area contributed by atoms with Gasteiger partial charge in [0.15, 0.2) is 0 Å². The van der Waals surface area contributed by atoms with E-state index >= 15 is 0 Å². The number of rotatable bonds is 0. The summed E-state index contributed by atoms with van der Waals surface area (Å²) in [6.07, 6.45) is 0. The van der Waals surface area contributed by atoms with E-state index < -0.39 is 0 Å². The summed E-state index contributed by atoms with van der Waals surface area (Å²) in [7, 11) is 1.00. The molecular formula is C10H19N3O2. The first-order valence-corrected chi connectivity index (χ1v) is 4.56. The van der Waals surface area contributed by atoms with Gasteiger partial charge in [0, 0.05) is 18.2 Å². The van der Waals surface area contributed by atoms with E-state index in [2.05, 4.69) is 4.98 Å². The fourth-order valence-corrected chi connectivity index (χ4v) is 0.994. The predicted octanol–water partition coefficient (Wildman–Crippen LogP) is 0.445. The molecule has 0 unspecified atom stereocenters. The standard InChI is InChI=1S/C9H15N3O.CH4O/c1-9(2,3)6-4-5(10)7(11)8(13)12-6;1-2/h4H,11H2,1-3H3,(H3,10,12,13);2H,1H3. The van der Waals surface area contributed by atoms with Crippen LogP contribution in [0.3, 0.4) is 0 Å². The number of hydrogen-bond acceptors (Lipinski definition) is 4. The molecule has 0 radical (unpaired) electrons. The first kappa shape index (κ1) is 13.5. The third-order valence-electron chi connectivity index (χ3n) is 1.91. The molecule has 0 aliphatic carbocycles. The molecule has 1 aromatic heterocycles. The molecule has 0 atom stereocenters. The van der Waals surface area contributed by atoms with E-state index in [4.69, 9.17) is 16.6 Å². The van der Waals surface area contributed by atoms with Gasteiger partial charge in [0.25, 0.3) is 5.56 Å². The van der Waals surface area contributed by atoms with Crippen LogP contribution in [0.25, 0.3) is 0 Å². The number of aliphatic hydroxyl groups is 1. The zero-order chi connectivity index (χ0) is 12.2. The predicted molar refractivity (Wildman–Crippen MR) is 62.7 cm³/mol. The lowest BCUT2D eigenvalue weighted by Gasteiger charge is -2.18. The summed E-state index contributed by atoms with van der Waals surface area (Å²) in [5.41, 5.74) is 11.8. The minimum atomic E-state index is -0.315. The molecule has 0 saturated carbocycles. The second kappa shape index (κ2) is 4.84. The third kappa shape index (κ3) is 3.28. The first-order valence-electron chi connectivity index (χ1n) is 4.56. The molecule has 5 heteroatoms. The molecule has 0 fully saturated rings. The molecular weight excluding hydrogens is 194 g/mol. The second-order valence-electron chi connectivity index (χ2n) is 4.13. The van der Waals surface area contributed by atoms with Crippen LogP contribution in [0.4, 0.5) is 11.4 Å². The summed E-state index contributed by atoms with van der Waals surface area (Å²) in [4.78, 5) is 13.9. The van der Waals surface area contributed by atoms with Gasteiger partial charge in [0.2, 0.25) is 0 Å². The Kier molecular flexibility index (Phi) is 4.36. The average Bonchev–Trinajstić information content (AvgIpc) is 2.15. The van der Waals surface area contributed by atoms with Crippen molar-refractivity contribution in [2.75, 3.05) is 18.6 Å². The maximum atomic E-state index is 11.2. The fourth-order valence-electron chi connectivity index (χ4n) is 0.994. The minimum absolute atomic E-state index is 0.0907. The molecule has 0 bridgehead atoms. The van der Waals surface area contributed by atoms with Crippen LogP contribution < -0.4 is 17.0 Å². The van der Waals surface area contributed by atoms with Gasteiger partial charge in [0.05, 0.1) is 5.69 Å². The average molecular weight is 213 g/mol. The van der Waals surface area contributed by atoms with Gasteiger partial charge in [-0.2, -0.15) is 0 Å². The quantitative estimate of drug-likeness (QED) is 0.502. The Bertz CT molecular complexity index is 377. The lowest BCUT2D eigenvalue weighted by Crippen LogP contribution is -2.22. The minimum Gasteiger partial charge on any atom is -0.400 e. The molecule has 5 nitrogen and oxygen atoms in total. The largest absolute Gasteiger partial charge is 0.400 e. The van der Waals surface area contributed by atoms with Crippen LogP contribution >= 0.6 is 0 Å². The van der Waals surface area contributed by atoms with Crippen molar-refractivity contribution in [1.29, 1.82) is 0 Å². The van der Waals surface area contributed by atoms with Gasteiger partial charge < -0.3 is 21.6 Å². The van der Waals surface area contributed by atoms with Crippen LogP contribution in [0.1, 0.15) is 26.5 Å². The Morgan fingerprint density at radius 3 is 2.07 bits per heavy atom. The molecule has 0 spiro atoms. The molecule has 0 aliphatic heterocycles. The number of H-pyrrole nitrogens is 1. The summed E-state index contributed by atoms with van der Waals surface area (Å²) < 4.78 is 0. The maximum Gasteiger partial charge on any atom is 0.273 e. The van der Waals surface area contributed by atoms with Crippen LogP contribution in [0.15, 0.2) is 10.9 Å². The molecule has 1 rings (SSSR count). The van der Waals surface area contributed by atoms with E-state index in [0.29, 0.717) is 5.69 Å². The molecule has 86 valence electrons. The molecule has 0 saturated heterocycles. The molecule has 0 aromatic carbocycles. The number of anilines is 2. The molecule has 0 aliphatic rings. The highest BCUT2D eigenvalue weighted by atomic mass is 16.2. The van der Waals surface area contributed by atoms with Crippen molar-refractivity contribution in [3.63, 3.8) is 0 Å². The zero-order valence-corrected chi connectivity index (χ0v) is 9.59. The smallest absolute Gasteiger partial charge is 0.273 e. The Morgan fingerprint density at radius 2 is 1.73 bits per heavy atom. The van der Waals surface area contributed by atoms with Crippen LogP contribution in [-0.4, -0.2) is 17.2 Å². The molecule has 15 heavy (non-hydrogen) atoms. The van der Waals surface area contributed by atoms with Gasteiger partial charge in [-0.25, -0.2) is 0 Å².